The smallest absolute Gasteiger partial charge is 0.0213 e. The van der Waals surface area contributed by atoms with Crippen molar-refractivity contribution in [2.24, 2.45) is 0 Å². The Labute approximate surface area is 96.4 Å². The van der Waals surface area contributed by atoms with E-state index in [4.69, 9.17) is 0 Å². The molecule has 0 amide bonds. The molecule has 0 aliphatic heterocycles. The van der Waals surface area contributed by atoms with Crippen molar-refractivity contribution in [2.45, 2.75) is 56.5 Å². The molecule has 0 aromatic rings. The Balaban J connectivity index is 3.85. The lowest BCUT2D eigenvalue weighted by Crippen LogP contribution is -2.17. The normalized spacial score (nSPS) is 19.5. The van der Waals surface area contributed by atoms with Crippen LogP contribution in [0.2, 0.25) is 0 Å². The average molecular weight is 254 g/mol. The Morgan fingerprint density at radius 1 is 0.933 bits per heavy atom. The van der Waals surface area contributed by atoms with E-state index in [1.807, 2.05) is 13.8 Å². The molecular weight excluding hydrogens is 236 g/mol. The average Bonchev–Trinajstić information content (AvgIpc) is 2.17. The van der Waals surface area contributed by atoms with Crippen molar-refractivity contribution < 1.29 is 17.5 Å². The summed E-state index contributed by atoms with van der Waals surface area (Å²) >= 11 is -4.07. The molecule has 0 fully saturated rings. The minimum absolute atomic E-state index is 0.331. The first-order valence-corrected chi connectivity index (χ1v) is 7.46. The third-order valence-corrected chi connectivity index (χ3v) is 4.73. The Morgan fingerprint density at radius 3 is 1.47 bits per heavy atom. The molecule has 0 N–H and O–H groups in total. The molecule has 4 nitrogen and oxygen atoms in total. The van der Waals surface area contributed by atoms with Gasteiger partial charge in [0, 0.05) is 10.5 Å². The summed E-state index contributed by atoms with van der Waals surface area (Å²) < 4.78 is 42.8. The highest BCUT2D eigenvalue weighted by atomic mass is 32.2. The zero-order valence-electron chi connectivity index (χ0n) is 9.14. The van der Waals surface area contributed by atoms with E-state index in [9.17, 15) is 17.5 Å². The lowest BCUT2D eigenvalue weighted by molar-refractivity contribution is 0.492. The molecule has 0 rings (SSSR count). The van der Waals surface area contributed by atoms with Gasteiger partial charge in [0.25, 0.3) is 0 Å². The monoisotopic (exact) mass is 254 g/mol. The lowest BCUT2D eigenvalue weighted by Gasteiger charge is -2.21. The van der Waals surface area contributed by atoms with Gasteiger partial charge in [-0.3, -0.25) is 8.42 Å². The first kappa shape index (κ1) is 15.2. The molecule has 0 aromatic heterocycles. The highest BCUT2D eigenvalue weighted by Gasteiger charge is 2.10. The number of hydrogen-bond acceptors (Lipinski definition) is 4. The van der Waals surface area contributed by atoms with Gasteiger partial charge in [-0.05, 0) is 25.7 Å². The highest BCUT2D eigenvalue weighted by molar-refractivity contribution is 7.80. The zero-order valence-corrected chi connectivity index (χ0v) is 10.8. The van der Waals surface area contributed by atoms with Crippen LogP contribution >= 0.6 is 0 Å². The summed E-state index contributed by atoms with van der Waals surface area (Å²) in [7, 11) is 0. The van der Waals surface area contributed by atoms with Crippen molar-refractivity contribution in [3.8, 4) is 0 Å². The van der Waals surface area contributed by atoms with E-state index in [0.717, 1.165) is 0 Å². The summed E-state index contributed by atoms with van der Waals surface area (Å²) in [6.07, 6.45) is 2.94. The van der Waals surface area contributed by atoms with Crippen LogP contribution < -0.4 is 0 Å². The first-order chi connectivity index (χ1) is 7.02. The molecular formula is C9H18O4S2-2. The van der Waals surface area contributed by atoms with Crippen LogP contribution in [0.1, 0.15) is 46.0 Å². The molecule has 0 aliphatic rings. The predicted molar refractivity (Wildman–Crippen MR) is 59.8 cm³/mol. The van der Waals surface area contributed by atoms with Gasteiger partial charge in [-0.25, -0.2) is 0 Å². The summed E-state index contributed by atoms with van der Waals surface area (Å²) in [6.45, 7) is 3.65. The van der Waals surface area contributed by atoms with Gasteiger partial charge in [-0.1, -0.05) is 42.4 Å². The lowest BCUT2D eigenvalue weighted by atomic mass is 10.1. The minimum atomic E-state index is -2.03. The van der Waals surface area contributed by atoms with E-state index in [1.54, 1.807) is 0 Å². The summed E-state index contributed by atoms with van der Waals surface area (Å²) in [5.74, 6) is 0. The number of hydrogen-bond donors (Lipinski definition) is 0. The third-order valence-electron chi connectivity index (χ3n) is 2.51. The maximum atomic E-state index is 10.7. The Kier molecular flexibility index (Phi) is 8.50. The Morgan fingerprint density at radius 2 is 1.27 bits per heavy atom. The fourth-order valence-electron chi connectivity index (χ4n) is 1.45. The van der Waals surface area contributed by atoms with Crippen LogP contribution in [-0.2, 0) is 22.2 Å². The minimum Gasteiger partial charge on any atom is -0.772 e. The second-order valence-electron chi connectivity index (χ2n) is 3.51. The van der Waals surface area contributed by atoms with E-state index in [1.165, 1.54) is 0 Å². The zero-order chi connectivity index (χ0) is 11.8. The van der Waals surface area contributed by atoms with E-state index >= 15 is 0 Å². The van der Waals surface area contributed by atoms with Crippen molar-refractivity contribution in [3.63, 3.8) is 0 Å². The van der Waals surface area contributed by atoms with Gasteiger partial charge in [-0.2, -0.15) is 0 Å². The second kappa shape index (κ2) is 8.38. The van der Waals surface area contributed by atoms with E-state index in [0.29, 0.717) is 32.1 Å². The van der Waals surface area contributed by atoms with Crippen LogP contribution in [0.25, 0.3) is 0 Å². The number of rotatable bonds is 8. The molecule has 0 saturated carbocycles. The van der Waals surface area contributed by atoms with Gasteiger partial charge in [0.2, 0.25) is 0 Å². The molecule has 0 radical (unpaired) electrons. The highest BCUT2D eigenvalue weighted by Crippen LogP contribution is 2.14. The Hall–Kier alpha value is 0.220. The van der Waals surface area contributed by atoms with Crippen molar-refractivity contribution >= 4 is 22.2 Å². The largest absolute Gasteiger partial charge is 0.772 e. The van der Waals surface area contributed by atoms with Gasteiger partial charge in [0.1, 0.15) is 0 Å². The van der Waals surface area contributed by atoms with Crippen molar-refractivity contribution in [1.82, 2.24) is 0 Å². The standard InChI is InChI=1S/C9H20O4S2/c1-3-8(14(10)11)6-5-7-9(4-2)15(12)13/h8-9H,3-7H2,1-2H3,(H,10,11)(H,12,13)/p-2. The molecule has 92 valence electrons. The van der Waals surface area contributed by atoms with E-state index in [-0.39, 0.29) is 10.5 Å². The summed E-state index contributed by atoms with van der Waals surface area (Å²) in [5.41, 5.74) is 0. The van der Waals surface area contributed by atoms with Crippen LogP contribution in [-0.4, -0.2) is 28.0 Å². The maximum absolute atomic E-state index is 10.7. The van der Waals surface area contributed by atoms with E-state index < -0.39 is 22.2 Å². The van der Waals surface area contributed by atoms with Crippen LogP contribution in [0, 0.1) is 0 Å². The second-order valence-corrected chi connectivity index (χ2v) is 5.89. The van der Waals surface area contributed by atoms with Crippen LogP contribution in [0.4, 0.5) is 0 Å². The van der Waals surface area contributed by atoms with Gasteiger partial charge >= 0.3 is 0 Å². The molecule has 6 heteroatoms. The summed E-state index contributed by atoms with van der Waals surface area (Å²) in [5, 5.41) is -0.662. The molecule has 0 saturated heterocycles. The molecule has 15 heavy (non-hydrogen) atoms. The molecule has 0 aromatic carbocycles. The van der Waals surface area contributed by atoms with Crippen LogP contribution in [0.15, 0.2) is 0 Å². The van der Waals surface area contributed by atoms with Gasteiger partial charge in [-0.15, -0.1) is 0 Å². The van der Waals surface area contributed by atoms with Gasteiger partial charge in [0.05, 0.1) is 0 Å². The topological polar surface area (TPSA) is 80.3 Å². The fraction of sp³-hybridized carbons (Fsp3) is 1.00. The third kappa shape index (κ3) is 6.40. The molecule has 4 unspecified atom stereocenters. The summed E-state index contributed by atoms with van der Waals surface area (Å²) in [6, 6.07) is 0. The predicted octanol–water partition coefficient (Wildman–Crippen LogP) is 1.47. The summed E-state index contributed by atoms with van der Waals surface area (Å²) in [4.78, 5) is 0. The molecule has 0 heterocycles. The van der Waals surface area contributed by atoms with Crippen molar-refractivity contribution in [2.75, 3.05) is 0 Å². The van der Waals surface area contributed by atoms with Gasteiger partial charge in [0.15, 0.2) is 0 Å². The molecule has 0 bridgehead atoms. The first-order valence-electron chi connectivity index (χ1n) is 5.19. The Bertz CT molecular complexity index is 198. The molecule has 4 atom stereocenters. The van der Waals surface area contributed by atoms with E-state index in [2.05, 4.69) is 0 Å². The maximum Gasteiger partial charge on any atom is 0.0213 e. The quantitative estimate of drug-likeness (QED) is 0.614. The van der Waals surface area contributed by atoms with Crippen molar-refractivity contribution in [1.29, 1.82) is 0 Å². The van der Waals surface area contributed by atoms with Crippen LogP contribution in [0.5, 0.6) is 0 Å². The SMILES string of the molecule is CCC(CCCC(CC)S(=O)[O-])S(=O)[O-]. The fourth-order valence-corrected chi connectivity index (χ4v) is 2.71. The molecule has 0 spiro atoms. The molecule has 0 aliphatic carbocycles. The van der Waals surface area contributed by atoms with Crippen molar-refractivity contribution in [3.05, 3.63) is 0 Å². The van der Waals surface area contributed by atoms with Crippen LogP contribution in [0.3, 0.4) is 0 Å². The van der Waals surface area contributed by atoms with Gasteiger partial charge < -0.3 is 9.11 Å².